The molecule has 1 nitrogen and oxygen atoms in total. The topological polar surface area (TPSA) is 26.0 Å². The fourth-order valence-corrected chi connectivity index (χ4v) is 1.28. The summed E-state index contributed by atoms with van der Waals surface area (Å²) < 4.78 is 12.7. The second-order valence-corrected chi connectivity index (χ2v) is 2.64. The van der Waals surface area contributed by atoms with Crippen molar-refractivity contribution in [1.82, 2.24) is 0 Å². The Morgan fingerprint density at radius 3 is 2.55 bits per heavy atom. The molecule has 0 aliphatic rings. The molecule has 11 heavy (non-hydrogen) atoms. The van der Waals surface area contributed by atoms with Crippen molar-refractivity contribution < 1.29 is 4.39 Å². The van der Waals surface area contributed by atoms with Gasteiger partial charge >= 0.3 is 0 Å². The SMILES string of the molecule is CCc1c(C)cc(F)cc1N. The predicted octanol–water partition coefficient (Wildman–Crippen LogP) is 2.28. The Morgan fingerprint density at radius 1 is 1.45 bits per heavy atom. The van der Waals surface area contributed by atoms with Crippen molar-refractivity contribution in [3.8, 4) is 0 Å². The summed E-state index contributed by atoms with van der Waals surface area (Å²) in [6.45, 7) is 3.88. The molecule has 0 atom stereocenters. The summed E-state index contributed by atoms with van der Waals surface area (Å²) in [4.78, 5) is 0. The molecule has 1 aromatic carbocycles. The number of aryl methyl sites for hydroxylation is 1. The maximum Gasteiger partial charge on any atom is 0.125 e. The summed E-state index contributed by atoms with van der Waals surface area (Å²) in [5.74, 6) is -0.253. The molecule has 60 valence electrons. The highest BCUT2D eigenvalue weighted by molar-refractivity contribution is 5.50. The maximum absolute atomic E-state index is 12.7. The molecule has 0 aromatic heterocycles. The fourth-order valence-electron chi connectivity index (χ4n) is 1.28. The van der Waals surface area contributed by atoms with Crippen LogP contribution in [0.3, 0.4) is 0 Å². The fraction of sp³-hybridized carbons (Fsp3) is 0.333. The molecule has 0 bridgehead atoms. The second-order valence-electron chi connectivity index (χ2n) is 2.64. The van der Waals surface area contributed by atoms with Crippen LogP contribution in [0.1, 0.15) is 18.1 Å². The van der Waals surface area contributed by atoms with E-state index in [1.54, 1.807) is 0 Å². The Labute approximate surface area is 66.0 Å². The van der Waals surface area contributed by atoms with E-state index in [1.165, 1.54) is 12.1 Å². The number of hydrogen-bond acceptors (Lipinski definition) is 1. The summed E-state index contributed by atoms with van der Waals surface area (Å²) in [5.41, 5.74) is 8.14. The number of rotatable bonds is 1. The first kappa shape index (κ1) is 8.05. The molecule has 2 N–H and O–H groups in total. The van der Waals surface area contributed by atoms with Gasteiger partial charge in [-0.3, -0.25) is 0 Å². The zero-order chi connectivity index (χ0) is 8.43. The van der Waals surface area contributed by atoms with Gasteiger partial charge in [0.1, 0.15) is 5.82 Å². The predicted molar refractivity (Wildman–Crippen MR) is 44.9 cm³/mol. The van der Waals surface area contributed by atoms with Crippen LogP contribution in [-0.4, -0.2) is 0 Å². The van der Waals surface area contributed by atoms with E-state index >= 15 is 0 Å². The zero-order valence-electron chi connectivity index (χ0n) is 6.82. The molecule has 0 spiro atoms. The van der Waals surface area contributed by atoms with Gasteiger partial charge < -0.3 is 5.73 Å². The number of nitrogens with two attached hydrogens (primary N) is 1. The van der Waals surface area contributed by atoms with Gasteiger partial charge in [-0.05, 0) is 36.6 Å². The second kappa shape index (κ2) is 2.91. The van der Waals surface area contributed by atoms with Crippen LogP contribution in [0, 0.1) is 12.7 Å². The van der Waals surface area contributed by atoms with E-state index in [-0.39, 0.29) is 5.82 Å². The lowest BCUT2D eigenvalue weighted by atomic mass is 10.0. The third-order valence-electron chi connectivity index (χ3n) is 1.83. The third kappa shape index (κ3) is 1.50. The van der Waals surface area contributed by atoms with Crippen LogP contribution in [0.15, 0.2) is 12.1 Å². The van der Waals surface area contributed by atoms with Gasteiger partial charge in [0.15, 0.2) is 0 Å². The zero-order valence-corrected chi connectivity index (χ0v) is 6.82. The molecule has 0 unspecified atom stereocenters. The van der Waals surface area contributed by atoms with E-state index in [1.807, 2.05) is 13.8 Å². The molecular formula is C9H12FN. The highest BCUT2D eigenvalue weighted by Gasteiger charge is 2.02. The molecule has 1 rings (SSSR count). The molecular weight excluding hydrogens is 141 g/mol. The van der Waals surface area contributed by atoms with Gasteiger partial charge in [-0.1, -0.05) is 6.92 Å². The van der Waals surface area contributed by atoms with E-state index in [9.17, 15) is 4.39 Å². The van der Waals surface area contributed by atoms with Crippen LogP contribution in [0.4, 0.5) is 10.1 Å². The van der Waals surface area contributed by atoms with Crippen molar-refractivity contribution in [2.75, 3.05) is 5.73 Å². The lowest BCUT2D eigenvalue weighted by Crippen LogP contribution is -1.96. The summed E-state index contributed by atoms with van der Waals surface area (Å²) in [6.07, 6.45) is 0.859. The van der Waals surface area contributed by atoms with Gasteiger partial charge in [0, 0.05) is 5.69 Å². The minimum absolute atomic E-state index is 0.253. The van der Waals surface area contributed by atoms with Crippen molar-refractivity contribution in [3.63, 3.8) is 0 Å². The Morgan fingerprint density at radius 2 is 2.09 bits per heavy atom. The van der Waals surface area contributed by atoms with Crippen molar-refractivity contribution in [3.05, 3.63) is 29.1 Å². The third-order valence-corrected chi connectivity index (χ3v) is 1.83. The summed E-state index contributed by atoms with van der Waals surface area (Å²) in [7, 11) is 0. The molecule has 0 saturated carbocycles. The van der Waals surface area contributed by atoms with Crippen molar-refractivity contribution in [2.24, 2.45) is 0 Å². The quantitative estimate of drug-likeness (QED) is 0.615. The van der Waals surface area contributed by atoms with Crippen LogP contribution in [0.25, 0.3) is 0 Å². The average molecular weight is 153 g/mol. The first-order valence-corrected chi connectivity index (χ1v) is 3.69. The van der Waals surface area contributed by atoms with Crippen molar-refractivity contribution in [1.29, 1.82) is 0 Å². The van der Waals surface area contributed by atoms with Gasteiger partial charge in [0.05, 0.1) is 0 Å². The van der Waals surface area contributed by atoms with Gasteiger partial charge in [-0.2, -0.15) is 0 Å². The molecule has 0 amide bonds. The number of nitrogen functional groups attached to an aromatic ring is 1. The number of benzene rings is 1. The van der Waals surface area contributed by atoms with Crippen LogP contribution < -0.4 is 5.73 Å². The molecule has 0 saturated heterocycles. The maximum atomic E-state index is 12.7. The Balaban J connectivity index is 3.25. The summed E-state index contributed by atoms with van der Waals surface area (Å²) in [5, 5.41) is 0. The number of halogens is 1. The van der Waals surface area contributed by atoms with E-state index < -0.39 is 0 Å². The lowest BCUT2D eigenvalue weighted by Gasteiger charge is -2.06. The minimum atomic E-state index is -0.253. The first-order valence-electron chi connectivity index (χ1n) is 3.69. The van der Waals surface area contributed by atoms with Crippen molar-refractivity contribution in [2.45, 2.75) is 20.3 Å². The molecule has 0 aliphatic heterocycles. The molecule has 0 radical (unpaired) electrons. The molecule has 0 heterocycles. The Hall–Kier alpha value is -1.05. The first-order chi connectivity index (χ1) is 5.15. The molecule has 0 aliphatic carbocycles. The monoisotopic (exact) mass is 153 g/mol. The minimum Gasteiger partial charge on any atom is -0.398 e. The van der Waals surface area contributed by atoms with Gasteiger partial charge in [-0.15, -0.1) is 0 Å². The van der Waals surface area contributed by atoms with Crippen LogP contribution in [0.5, 0.6) is 0 Å². The largest absolute Gasteiger partial charge is 0.398 e. The van der Waals surface area contributed by atoms with Crippen LogP contribution in [-0.2, 0) is 6.42 Å². The van der Waals surface area contributed by atoms with E-state index in [2.05, 4.69) is 0 Å². The Bertz CT molecular complexity index is 245. The normalized spacial score (nSPS) is 10.1. The van der Waals surface area contributed by atoms with E-state index in [0.717, 1.165) is 17.5 Å². The van der Waals surface area contributed by atoms with Crippen molar-refractivity contribution >= 4 is 5.69 Å². The highest BCUT2D eigenvalue weighted by atomic mass is 19.1. The number of hydrogen-bond donors (Lipinski definition) is 1. The highest BCUT2D eigenvalue weighted by Crippen LogP contribution is 2.18. The van der Waals surface area contributed by atoms with Gasteiger partial charge in [0.2, 0.25) is 0 Å². The Kier molecular flexibility index (Phi) is 2.13. The van der Waals surface area contributed by atoms with E-state index in [4.69, 9.17) is 5.73 Å². The summed E-state index contributed by atoms with van der Waals surface area (Å²) >= 11 is 0. The van der Waals surface area contributed by atoms with Crippen LogP contribution in [0.2, 0.25) is 0 Å². The lowest BCUT2D eigenvalue weighted by molar-refractivity contribution is 0.626. The molecule has 2 heteroatoms. The summed E-state index contributed by atoms with van der Waals surface area (Å²) in [6, 6.07) is 2.88. The van der Waals surface area contributed by atoms with E-state index in [0.29, 0.717) is 5.69 Å². The number of anilines is 1. The average Bonchev–Trinajstić information content (AvgIpc) is 1.85. The molecule has 1 aromatic rings. The van der Waals surface area contributed by atoms with Gasteiger partial charge in [0.25, 0.3) is 0 Å². The smallest absolute Gasteiger partial charge is 0.125 e. The standard InChI is InChI=1S/C9H12FN/c1-3-8-6(2)4-7(10)5-9(8)11/h4-5H,3,11H2,1-2H3. The molecule has 0 fully saturated rings. The van der Waals surface area contributed by atoms with Crippen LogP contribution >= 0.6 is 0 Å². The van der Waals surface area contributed by atoms with Gasteiger partial charge in [-0.25, -0.2) is 4.39 Å².